The lowest BCUT2D eigenvalue weighted by atomic mass is 10.0. The second-order valence-corrected chi connectivity index (χ2v) is 4.86. The zero-order valence-electron chi connectivity index (χ0n) is 11.4. The summed E-state index contributed by atoms with van der Waals surface area (Å²) in [5.41, 5.74) is 2.56. The van der Waals surface area contributed by atoms with Crippen LogP contribution < -0.4 is 0 Å². The number of nitriles is 1. The van der Waals surface area contributed by atoms with Gasteiger partial charge < -0.3 is 9.47 Å². The lowest BCUT2D eigenvalue weighted by Crippen LogP contribution is -2.17. The Balaban J connectivity index is 1.95. The van der Waals surface area contributed by atoms with Crippen LogP contribution >= 0.6 is 0 Å². The molecule has 0 saturated carbocycles. The molecule has 1 aliphatic rings. The van der Waals surface area contributed by atoms with Gasteiger partial charge >= 0.3 is 0 Å². The van der Waals surface area contributed by atoms with Crippen molar-refractivity contribution in [1.29, 1.82) is 5.26 Å². The normalized spacial score (nSPS) is 15.6. The van der Waals surface area contributed by atoms with E-state index in [2.05, 4.69) is 0 Å². The first-order valence-electron chi connectivity index (χ1n) is 6.81. The van der Waals surface area contributed by atoms with Gasteiger partial charge in [-0.1, -0.05) is 18.2 Å². The van der Waals surface area contributed by atoms with Crippen LogP contribution in [0.4, 0.5) is 4.39 Å². The topological polar surface area (TPSA) is 42.2 Å². The second-order valence-electron chi connectivity index (χ2n) is 4.86. The van der Waals surface area contributed by atoms with E-state index in [9.17, 15) is 4.39 Å². The van der Waals surface area contributed by atoms with Gasteiger partial charge in [0.25, 0.3) is 0 Å². The van der Waals surface area contributed by atoms with Crippen molar-refractivity contribution in [2.24, 2.45) is 0 Å². The van der Waals surface area contributed by atoms with Crippen molar-refractivity contribution >= 4 is 0 Å². The van der Waals surface area contributed by atoms with Crippen molar-refractivity contribution in [3.05, 3.63) is 59.4 Å². The van der Waals surface area contributed by atoms with Crippen LogP contribution in [0.3, 0.4) is 0 Å². The van der Waals surface area contributed by atoms with Crippen LogP contribution in [0.5, 0.6) is 0 Å². The third kappa shape index (κ3) is 2.94. The molecule has 3 nitrogen and oxygen atoms in total. The monoisotopic (exact) mass is 283 g/mol. The summed E-state index contributed by atoms with van der Waals surface area (Å²) in [4.78, 5) is 0. The SMILES string of the molecule is N#Cc1ccc(-c2cc(C3OCCCO3)ccc2F)cc1. The molecule has 2 aromatic rings. The van der Waals surface area contributed by atoms with Crippen molar-refractivity contribution in [3.8, 4) is 17.2 Å². The van der Waals surface area contributed by atoms with Gasteiger partial charge in [-0.15, -0.1) is 0 Å². The summed E-state index contributed by atoms with van der Waals surface area (Å²) < 4.78 is 25.1. The minimum absolute atomic E-state index is 0.306. The molecule has 106 valence electrons. The van der Waals surface area contributed by atoms with Crippen molar-refractivity contribution in [3.63, 3.8) is 0 Å². The van der Waals surface area contributed by atoms with Crippen molar-refractivity contribution in [1.82, 2.24) is 0 Å². The predicted octanol–water partition coefficient (Wildman–Crippen LogP) is 3.80. The van der Waals surface area contributed by atoms with Crippen LogP contribution in [0.15, 0.2) is 42.5 Å². The molecule has 4 heteroatoms. The molecule has 0 bridgehead atoms. The molecule has 0 unspecified atom stereocenters. The Morgan fingerprint density at radius 3 is 2.43 bits per heavy atom. The summed E-state index contributed by atoms with van der Waals surface area (Å²) in [7, 11) is 0. The van der Waals surface area contributed by atoms with Gasteiger partial charge in [-0.3, -0.25) is 0 Å². The zero-order valence-corrected chi connectivity index (χ0v) is 11.4. The van der Waals surface area contributed by atoms with E-state index in [0.717, 1.165) is 17.5 Å². The summed E-state index contributed by atoms with van der Waals surface area (Å²) in [6, 6.07) is 13.7. The Morgan fingerprint density at radius 2 is 1.76 bits per heavy atom. The summed E-state index contributed by atoms with van der Waals surface area (Å²) in [6.45, 7) is 1.29. The Hall–Kier alpha value is -2.22. The van der Waals surface area contributed by atoms with Gasteiger partial charge in [-0.2, -0.15) is 5.26 Å². The molecule has 21 heavy (non-hydrogen) atoms. The average Bonchev–Trinajstić information content (AvgIpc) is 2.56. The van der Waals surface area contributed by atoms with Gasteiger partial charge in [0.15, 0.2) is 6.29 Å². The molecule has 0 spiro atoms. The predicted molar refractivity (Wildman–Crippen MR) is 75.8 cm³/mol. The molecule has 3 rings (SSSR count). The Morgan fingerprint density at radius 1 is 1.05 bits per heavy atom. The molecule has 1 aliphatic heterocycles. The Labute approximate surface area is 122 Å². The molecule has 0 radical (unpaired) electrons. The fourth-order valence-corrected chi connectivity index (χ4v) is 2.32. The number of benzene rings is 2. The van der Waals surface area contributed by atoms with Crippen LogP contribution in [0.1, 0.15) is 23.8 Å². The highest BCUT2D eigenvalue weighted by atomic mass is 19.1. The highest BCUT2D eigenvalue weighted by Crippen LogP contribution is 2.29. The van der Waals surface area contributed by atoms with E-state index in [1.54, 1.807) is 36.4 Å². The molecule has 0 N–H and O–H groups in total. The van der Waals surface area contributed by atoms with E-state index in [0.29, 0.717) is 24.3 Å². The molecular formula is C17H14FNO2. The highest BCUT2D eigenvalue weighted by Gasteiger charge is 2.18. The number of nitrogens with zero attached hydrogens (tertiary/aromatic N) is 1. The standard InChI is InChI=1S/C17H14FNO2/c18-16-7-6-14(17-20-8-1-9-21-17)10-15(16)13-4-2-12(11-19)3-5-13/h2-7,10,17H,1,8-9H2. The maximum absolute atomic E-state index is 14.1. The van der Waals surface area contributed by atoms with E-state index in [1.165, 1.54) is 6.07 Å². The van der Waals surface area contributed by atoms with Gasteiger partial charge in [0.05, 0.1) is 24.8 Å². The summed E-state index contributed by atoms with van der Waals surface area (Å²) >= 11 is 0. The van der Waals surface area contributed by atoms with Crippen molar-refractivity contribution < 1.29 is 13.9 Å². The maximum Gasteiger partial charge on any atom is 0.183 e. The van der Waals surface area contributed by atoms with Crippen LogP contribution in [0, 0.1) is 17.1 Å². The number of halogens is 1. The molecule has 1 fully saturated rings. The number of ether oxygens (including phenoxy) is 2. The Kier molecular flexibility index (Phi) is 3.96. The first-order valence-corrected chi connectivity index (χ1v) is 6.81. The van der Waals surface area contributed by atoms with Crippen LogP contribution in [0.25, 0.3) is 11.1 Å². The van der Waals surface area contributed by atoms with Gasteiger partial charge in [0, 0.05) is 11.1 Å². The fourth-order valence-electron chi connectivity index (χ4n) is 2.32. The van der Waals surface area contributed by atoms with Gasteiger partial charge in [0.2, 0.25) is 0 Å². The lowest BCUT2D eigenvalue weighted by molar-refractivity contribution is -0.183. The molecule has 0 aliphatic carbocycles. The van der Waals surface area contributed by atoms with E-state index in [4.69, 9.17) is 14.7 Å². The molecule has 0 aromatic heterocycles. The summed E-state index contributed by atoms with van der Waals surface area (Å²) in [6.07, 6.45) is 0.441. The third-order valence-electron chi connectivity index (χ3n) is 3.41. The highest BCUT2D eigenvalue weighted by molar-refractivity contribution is 5.65. The quantitative estimate of drug-likeness (QED) is 0.842. The fraction of sp³-hybridized carbons (Fsp3) is 0.235. The first kappa shape index (κ1) is 13.7. The van der Waals surface area contributed by atoms with E-state index < -0.39 is 6.29 Å². The van der Waals surface area contributed by atoms with Crippen molar-refractivity contribution in [2.45, 2.75) is 12.7 Å². The van der Waals surface area contributed by atoms with E-state index in [1.807, 2.05) is 6.07 Å². The van der Waals surface area contributed by atoms with Crippen LogP contribution in [-0.2, 0) is 9.47 Å². The molecule has 1 saturated heterocycles. The molecule has 1 heterocycles. The van der Waals surface area contributed by atoms with Crippen molar-refractivity contribution in [2.75, 3.05) is 13.2 Å². The van der Waals surface area contributed by atoms with Gasteiger partial charge in [0.1, 0.15) is 5.82 Å². The number of hydrogen-bond donors (Lipinski definition) is 0. The smallest absolute Gasteiger partial charge is 0.183 e. The van der Waals surface area contributed by atoms with Gasteiger partial charge in [-0.25, -0.2) is 4.39 Å². The second kappa shape index (κ2) is 6.04. The van der Waals surface area contributed by atoms with Gasteiger partial charge in [-0.05, 0) is 36.2 Å². The average molecular weight is 283 g/mol. The van der Waals surface area contributed by atoms with E-state index >= 15 is 0 Å². The first-order chi connectivity index (χ1) is 10.3. The minimum atomic E-state index is -0.434. The number of hydrogen-bond acceptors (Lipinski definition) is 3. The third-order valence-corrected chi connectivity index (χ3v) is 3.41. The van der Waals surface area contributed by atoms with E-state index in [-0.39, 0.29) is 5.82 Å². The Bertz CT molecular complexity index is 670. The maximum atomic E-state index is 14.1. The zero-order chi connectivity index (χ0) is 14.7. The summed E-state index contributed by atoms with van der Waals surface area (Å²) in [5, 5.41) is 8.81. The lowest BCUT2D eigenvalue weighted by Gasteiger charge is -2.24. The van der Waals surface area contributed by atoms with Crippen LogP contribution in [-0.4, -0.2) is 13.2 Å². The minimum Gasteiger partial charge on any atom is -0.348 e. The molecule has 2 aromatic carbocycles. The molecule has 0 amide bonds. The number of rotatable bonds is 2. The van der Waals surface area contributed by atoms with Crippen LogP contribution in [0.2, 0.25) is 0 Å². The largest absolute Gasteiger partial charge is 0.348 e. The molecular weight excluding hydrogens is 269 g/mol. The molecule has 0 atom stereocenters. The summed E-state index contributed by atoms with van der Waals surface area (Å²) in [5.74, 6) is -0.306.